The van der Waals surface area contributed by atoms with Gasteiger partial charge in [0.15, 0.2) is 0 Å². The first-order valence-corrected chi connectivity index (χ1v) is 12.1. The van der Waals surface area contributed by atoms with Crippen LogP contribution in [0.1, 0.15) is 48.9 Å². The van der Waals surface area contributed by atoms with Crippen LogP contribution in [0, 0.1) is 24.2 Å². The average molecular weight is 449 g/mol. The molecule has 3 aromatic heterocycles. The summed E-state index contributed by atoms with van der Waals surface area (Å²) in [5, 5.41) is 10.7. The van der Waals surface area contributed by atoms with E-state index in [4.69, 9.17) is 9.97 Å². The summed E-state index contributed by atoms with van der Waals surface area (Å²) >= 11 is 1.51. The summed E-state index contributed by atoms with van der Waals surface area (Å²) in [5.41, 5.74) is 2.62. The van der Waals surface area contributed by atoms with Crippen LogP contribution in [0.2, 0.25) is 0 Å². The number of aryl methyl sites for hydroxylation is 2. The van der Waals surface area contributed by atoms with Gasteiger partial charge in [-0.3, -0.25) is 4.79 Å². The number of thiazole rings is 1. The fraction of sp³-hybridized carbons (Fsp3) is 0.500. The molecule has 2 atom stereocenters. The van der Waals surface area contributed by atoms with Crippen molar-refractivity contribution in [1.29, 1.82) is 5.26 Å². The van der Waals surface area contributed by atoms with E-state index in [0.717, 1.165) is 65.0 Å². The molecule has 166 valence electrons. The first-order valence-electron chi connectivity index (χ1n) is 11.3. The fourth-order valence-corrected chi connectivity index (χ4v) is 6.15. The van der Waals surface area contributed by atoms with E-state index < -0.39 is 0 Å². The van der Waals surface area contributed by atoms with Crippen molar-refractivity contribution >= 4 is 33.2 Å². The zero-order chi connectivity index (χ0) is 22.6. The zero-order valence-corrected chi connectivity index (χ0v) is 19.8. The SMILES string of the molecule is Cc1nc2c(N3CC[C@H]4[C@H](CCN4c4cccc(C(C)C)n4)C3)c(C#N)c(=O)n(C)c2s1. The zero-order valence-electron chi connectivity index (χ0n) is 19.0. The van der Waals surface area contributed by atoms with Crippen molar-refractivity contribution in [2.24, 2.45) is 13.0 Å². The molecule has 7 nitrogen and oxygen atoms in total. The minimum atomic E-state index is -0.233. The van der Waals surface area contributed by atoms with Gasteiger partial charge in [0.2, 0.25) is 0 Å². The molecule has 2 aliphatic rings. The van der Waals surface area contributed by atoms with Crippen molar-refractivity contribution in [3.05, 3.63) is 44.8 Å². The standard InChI is InChI=1S/C24H28N6OS/c1-14(2)18-6-5-7-20(27-18)30-11-8-16-13-29(10-9-19(16)30)22-17(12-25)23(31)28(4)24-21(22)26-15(3)32-24/h5-7,14,16,19H,8-11,13H2,1-4H3/t16-,19+/m1/s1. The van der Waals surface area contributed by atoms with Gasteiger partial charge in [0.25, 0.3) is 5.56 Å². The lowest BCUT2D eigenvalue weighted by atomic mass is 9.92. The van der Waals surface area contributed by atoms with E-state index >= 15 is 0 Å². The topological polar surface area (TPSA) is 78.1 Å². The number of hydrogen-bond donors (Lipinski definition) is 0. The Hall–Kier alpha value is -2.92. The molecule has 0 radical (unpaired) electrons. The number of fused-ring (bicyclic) bond motifs is 2. The third kappa shape index (κ3) is 3.27. The fourth-order valence-electron chi connectivity index (χ4n) is 5.28. The molecule has 5 rings (SSSR count). The number of nitrogens with zero attached hydrogens (tertiary/aromatic N) is 6. The molecular weight excluding hydrogens is 420 g/mol. The lowest BCUT2D eigenvalue weighted by molar-refractivity contribution is 0.395. The molecule has 32 heavy (non-hydrogen) atoms. The number of piperidine rings is 1. The Bertz CT molecular complexity index is 1290. The first kappa shape index (κ1) is 21.0. The van der Waals surface area contributed by atoms with Crippen LogP contribution >= 0.6 is 11.3 Å². The van der Waals surface area contributed by atoms with Crippen molar-refractivity contribution in [3.8, 4) is 6.07 Å². The minimum Gasteiger partial charge on any atom is -0.368 e. The molecule has 3 aromatic rings. The van der Waals surface area contributed by atoms with Crippen molar-refractivity contribution < 1.29 is 0 Å². The summed E-state index contributed by atoms with van der Waals surface area (Å²) in [5.74, 6) is 1.95. The van der Waals surface area contributed by atoms with Crippen molar-refractivity contribution in [1.82, 2.24) is 14.5 Å². The van der Waals surface area contributed by atoms with E-state index in [1.807, 2.05) is 6.92 Å². The van der Waals surface area contributed by atoms with Gasteiger partial charge < -0.3 is 14.4 Å². The van der Waals surface area contributed by atoms with Gasteiger partial charge in [0, 0.05) is 38.4 Å². The molecule has 8 heteroatoms. The summed E-state index contributed by atoms with van der Waals surface area (Å²) in [4.78, 5) is 28.1. The van der Waals surface area contributed by atoms with E-state index in [1.54, 1.807) is 11.6 Å². The van der Waals surface area contributed by atoms with Gasteiger partial charge in [-0.15, -0.1) is 11.3 Å². The van der Waals surface area contributed by atoms with Crippen molar-refractivity contribution in [2.45, 2.75) is 45.6 Å². The van der Waals surface area contributed by atoms with Crippen LogP contribution in [0.5, 0.6) is 0 Å². The second-order valence-corrected chi connectivity index (χ2v) is 10.4. The number of hydrogen-bond acceptors (Lipinski definition) is 7. The number of pyridine rings is 2. The maximum Gasteiger partial charge on any atom is 0.271 e. The first-order chi connectivity index (χ1) is 15.4. The minimum absolute atomic E-state index is 0.213. The van der Waals surface area contributed by atoms with E-state index in [2.05, 4.69) is 47.9 Å². The van der Waals surface area contributed by atoms with Crippen LogP contribution in [-0.2, 0) is 7.05 Å². The van der Waals surface area contributed by atoms with Crippen LogP contribution in [0.25, 0.3) is 10.3 Å². The Labute approximate surface area is 191 Å². The molecule has 0 unspecified atom stereocenters. The Morgan fingerprint density at radius 1 is 1.22 bits per heavy atom. The molecule has 0 N–H and O–H groups in total. The predicted molar refractivity (Wildman–Crippen MR) is 129 cm³/mol. The lowest BCUT2D eigenvalue weighted by Gasteiger charge is -2.39. The average Bonchev–Trinajstić information content (AvgIpc) is 3.39. The van der Waals surface area contributed by atoms with Gasteiger partial charge in [0.1, 0.15) is 27.8 Å². The number of rotatable bonds is 3. The van der Waals surface area contributed by atoms with Crippen LogP contribution in [-0.4, -0.2) is 40.2 Å². The molecule has 2 aliphatic heterocycles. The Morgan fingerprint density at radius 3 is 2.78 bits per heavy atom. The Morgan fingerprint density at radius 2 is 2.03 bits per heavy atom. The molecule has 0 aliphatic carbocycles. The second-order valence-electron chi connectivity index (χ2n) is 9.21. The maximum absolute atomic E-state index is 12.9. The molecule has 0 aromatic carbocycles. The summed E-state index contributed by atoms with van der Waals surface area (Å²) in [6.45, 7) is 8.92. The van der Waals surface area contributed by atoms with Crippen LogP contribution in [0.3, 0.4) is 0 Å². The Kier molecular flexibility index (Phi) is 5.17. The van der Waals surface area contributed by atoms with Crippen molar-refractivity contribution in [2.75, 3.05) is 29.4 Å². The smallest absolute Gasteiger partial charge is 0.271 e. The molecule has 0 bridgehead atoms. The highest BCUT2D eigenvalue weighted by Crippen LogP contribution is 2.39. The van der Waals surface area contributed by atoms with Crippen LogP contribution in [0.4, 0.5) is 11.5 Å². The van der Waals surface area contributed by atoms with Gasteiger partial charge in [0.05, 0.1) is 10.7 Å². The summed E-state index contributed by atoms with van der Waals surface area (Å²) in [6.07, 6.45) is 2.06. The van der Waals surface area contributed by atoms with E-state index in [0.29, 0.717) is 17.9 Å². The van der Waals surface area contributed by atoms with Crippen LogP contribution < -0.4 is 15.4 Å². The van der Waals surface area contributed by atoms with E-state index in [-0.39, 0.29) is 11.1 Å². The number of anilines is 2. The molecular formula is C24H28N6OS. The Balaban J connectivity index is 1.47. The van der Waals surface area contributed by atoms with Gasteiger partial charge >= 0.3 is 0 Å². The molecule has 0 saturated carbocycles. The highest BCUT2D eigenvalue weighted by atomic mass is 32.1. The second kappa shape index (κ2) is 7.89. The van der Waals surface area contributed by atoms with E-state index in [9.17, 15) is 10.1 Å². The van der Waals surface area contributed by atoms with Gasteiger partial charge in [-0.05, 0) is 43.7 Å². The normalized spacial score (nSPS) is 20.8. The highest BCUT2D eigenvalue weighted by molar-refractivity contribution is 7.18. The largest absolute Gasteiger partial charge is 0.368 e. The summed E-state index contributed by atoms with van der Waals surface area (Å²) < 4.78 is 1.57. The number of nitriles is 1. The highest BCUT2D eigenvalue weighted by Gasteiger charge is 2.40. The van der Waals surface area contributed by atoms with Gasteiger partial charge in [-0.25, -0.2) is 9.97 Å². The third-order valence-corrected chi connectivity index (χ3v) is 7.95. The van der Waals surface area contributed by atoms with Crippen molar-refractivity contribution in [3.63, 3.8) is 0 Å². The van der Waals surface area contributed by atoms with Gasteiger partial charge in [-0.1, -0.05) is 19.9 Å². The molecule has 0 amide bonds. The van der Waals surface area contributed by atoms with E-state index in [1.165, 1.54) is 11.3 Å². The number of aromatic nitrogens is 3. The maximum atomic E-state index is 12.9. The summed E-state index contributed by atoms with van der Waals surface area (Å²) in [6, 6.07) is 8.96. The predicted octanol–water partition coefficient (Wildman–Crippen LogP) is 3.80. The molecule has 5 heterocycles. The quantitative estimate of drug-likeness (QED) is 0.607. The monoisotopic (exact) mass is 448 g/mol. The van der Waals surface area contributed by atoms with Crippen LogP contribution in [0.15, 0.2) is 23.0 Å². The third-order valence-electron chi connectivity index (χ3n) is 6.91. The molecule has 0 spiro atoms. The lowest BCUT2D eigenvalue weighted by Crippen LogP contribution is -2.47. The molecule has 2 fully saturated rings. The molecule has 2 saturated heterocycles. The van der Waals surface area contributed by atoms with Gasteiger partial charge in [-0.2, -0.15) is 5.26 Å². The summed E-state index contributed by atoms with van der Waals surface area (Å²) in [7, 11) is 1.73.